The molecule has 2 aliphatic heterocycles. The molecular weight excluding hydrogens is 544 g/mol. The highest BCUT2D eigenvalue weighted by Crippen LogP contribution is 2.37. The number of pyridine rings is 1. The largest absolute Gasteiger partial charge is 0.388 e. The fraction of sp³-hybridized carbons (Fsp3) is 0.538. The van der Waals surface area contributed by atoms with E-state index in [1.807, 2.05) is 6.07 Å². The predicted octanol–water partition coefficient (Wildman–Crippen LogP) is 2.60. The number of aliphatic hydroxyl groups is 1. The zero-order chi connectivity index (χ0) is 28.8. The second-order valence-corrected chi connectivity index (χ2v) is 13.1. The van der Waals surface area contributed by atoms with Crippen LogP contribution in [0.25, 0.3) is 10.8 Å². The highest BCUT2D eigenvalue weighted by molar-refractivity contribution is 7.90. The van der Waals surface area contributed by atoms with Crippen LogP contribution < -0.4 is 15.1 Å². The van der Waals surface area contributed by atoms with E-state index >= 15 is 0 Å². The smallest absolute Gasteiger partial charge is 0.293 e. The van der Waals surface area contributed by atoms with E-state index in [-0.39, 0.29) is 36.0 Å². The van der Waals surface area contributed by atoms with Crippen molar-refractivity contribution in [1.29, 1.82) is 0 Å². The van der Waals surface area contributed by atoms with E-state index in [1.165, 1.54) is 17.5 Å². The van der Waals surface area contributed by atoms with Crippen LogP contribution in [0.2, 0.25) is 0 Å². The molecule has 2 saturated heterocycles. The Morgan fingerprint density at radius 3 is 2.55 bits per heavy atom. The highest BCUT2D eigenvalue weighted by atomic mass is 32.2. The number of aliphatic hydroxyl groups excluding tert-OH is 1. The van der Waals surface area contributed by atoms with Gasteiger partial charge in [0.15, 0.2) is 0 Å². The van der Waals surface area contributed by atoms with E-state index in [1.54, 1.807) is 6.20 Å². The molecule has 0 spiro atoms. The molecule has 0 bridgehead atoms. The molecule has 1 aromatic carbocycles. The van der Waals surface area contributed by atoms with E-state index in [9.17, 15) is 22.3 Å². The third-order valence-electron chi connectivity index (χ3n) is 7.28. The zero-order valence-corrected chi connectivity index (χ0v) is 23.6. The second-order valence-electron chi connectivity index (χ2n) is 10.9. The van der Waals surface area contributed by atoms with E-state index in [2.05, 4.69) is 56.1 Å². The fourth-order valence-electron chi connectivity index (χ4n) is 5.50. The molecule has 2 aromatic heterocycles. The summed E-state index contributed by atoms with van der Waals surface area (Å²) in [6.45, 7) is 4.69. The van der Waals surface area contributed by atoms with E-state index in [0.717, 1.165) is 29.1 Å². The monoisotopic (exact) mass is 577 g/mol. The molecule has 0 aliphatic carbocycles. The number of nitrogens with zero attached hydrogens (tertiary/aromatic N) is 6. The van der Waals surface area contributed by atoms with Crippen LogP contribution in [0.1, 0.15) is 25.3 Å². The quantitative estimate of drug-likeness (QED) is 0.409. The fourth-order valence-corrected chi connectivity index (χ4v) is 6.57. The maximum Gasteiger partial charge on any atom is 0.293 e. The maximum absolute atomic E-state index is 14.5. The molecule has 5 rings (SSSR count). The number of hydrogen-bond acceptors (Lipinski definition) is 11. The predicted molar refractivity (Wildman–Crippen MR) is 148 cm³/mol. The number of hydrogen-bond donors (Lipinski definition) is 2. The van der Waals surface area contributed by atoms with Gasteiger partial charge < -0.3 is 25.0 Å². The number of fused-ring (bicyclic) bond motifs is 1. The molecule has 216 valence electrons. The standard InChI is InChI=1S/C26H33F2N7O4S/c1-15(2)17-5-6-20(34-9-16(10-34)12-40(4,37)38)19-8-29-22(7-18(17)19)32-24-30-14-31-25(33-24)35-11-21(36)23(39-3)26(27,28)13-35/h5-8,14-16,21,23,36H,9-13H2,1-4H3,(H,29,30,31,32,33)/t21-,23-/m0/s1. The first-order valence-corrected chi connectivity index (χ1v) is 15.1. The molecule has 4 heterocycles. The Hall–Kier alpha value is -3.23. The molecule has 0 amide bonds. The minimum Gasteiger partial charge on any atom is -0.388 e. The Morgan fingerprint density at radius 1 is 1.15 bits per heavy atom. The second kappa shape index (κ2) is 10.6. The summed E-state index contributed by atoms with van der Waals surface area (Å²) in [5, 5.41) is 15.2. The molecule has 2 N–H and O–H groups in total. The Balaban J connectivity index is 1.39. The van der Waals surface area contributed by atoms with Crippen molar-refractivity contribution in [3.05, 3.63) is 36.3 Å². The molecular formula is C26H33F2N7O4S. The lowest BCUT2D eigenvalue weighted by Crippen LogP contribution is -2.60. The van der Waals surface area contributed by atoms with Gasteiger partial charge in [-0.15, -0.1) is 0 Å². The van der Waals surface area contributed by atoms with E-state index < -0.39 is 34.5 Å². The molecule has 0 saturated carbocycles. The van der Waals surface area contributed by atoms with Gasteiger partial charge in [0.05, 0.1) is 12.3 Å². The number of rotatable bonds is 8. The summed E-state index contributed by atoms with van der Waals surface area (Å²) in [6, 6.07) is 6.03. The van der Waals surface area contributed by atoms with Gasteiger partial charge in [-0.25, -0.2) is 32.2 Å². The van der Waals surface area contributed by atoms with Gasteiger partial charge in [0.2, 0.25) is 11.9 Å². The number of benzene rings is 1. The van der Waals surface area contributed by atoms with Gasteiger partial charge in [-0.1, -0.05) is 19.9 Å². The van der Waals surface area contributed by atoms with Crippen LogP contribution in [0.4, 0.5) is 32.2 Å². The van der Waals surface area contributed by atoms with Crippen LogP contribution in [0.15, 0.2) is 30.7 Å². The molecule has 14 heteroatoms. The van der Waals surface area contributed by atoms with Gasteiger partial charge in [0.25, 0.3) is 5.92 Å². The zero-order valence-electron chi connectivity index (χ0n) is 22.8. The van der Waals surface area contributed by atoms with Crippen LogP contribution >= 0.6 is 0 Å². The molecule has 2 aliphatic rings. The van der Waals surface area contributed by atoms with Gasteiger partial charge in [-0.2, -0.15) is 4.98 Å². The van der Waals surface area contributed by atoms with Crippen molar-refractivity contribution >= 4 is 44.0 Å². The van der Waals surface area contributed by atoms with Crippen molar-refractivity contribution in [3.8, 4) is 0 Å². The number of β-amino-alcohol motifs (C(OH)–C–C–N with tert-alkyl or cyclic N) is 1. The molecule has 0 radical (unpaired) electrons. The summed E-state index contributed by atoms with van der Waals surface area (Å²) in [7, 11) is -1.89. The third kappa shape index (κ3) is 5.79. The van der Waals surface area contributed by atoms with Crippen LogP contribution in [0.3, 0.4) is 0 Å². The molecule has 2 fully saturated rings. The lowest BCUT2D eigenvalue weighted by Gasteiger charge is -2.41. The molecule has 3 aromatic rings. The van der Waals surface area contributed by atoms with E-state index in [0.29, 0.717) is 18.9 Å². The topological polar surface area (TPSA) is 134 Å². The summed E-state index contributed by atoms with van der Waals surface area (Å²) >= 11 is 0. The average molecular weight is 578 g/mol. The number of sulfone groups is 1. The first-order chi connectivity index (χ1) is 18.8. The van der Waals surface area contributed by atoms with Crippen LogP contribution in [0.5, 0.6) is 0 Å². The van der Waals surface area contributed by atoms with Crippen molar-refractivity contribution in [2.45, 2.75) is 37.9 Å². The highest BCUT2D eigenvalue weighted by Gasteiger charge is 2.50. The summed E-state index contributed by atoms with van der Waals surface area (Å²) in [5.41, 5.74) is 2.11. The van der Waals surface area contributed by atoms with Gasteiger partial charge >= 0.3 is 0 Å². The third-order valence-corrected chi connectivity index (χ3v) is 8.36. The van der Waals surface area contributed by atoms with Gasteiger partial charge in [-0.05, 0) is 29.0 Å². The SMILES string of the molecule is CO[C@H]1[C@@H](O)CN(c2ncnc(Nc3cc4c(C(C)C)ccc(N5CC(CS(C)(=O)=O)C5)c4cn3)n2)CC1(F)F. The van der Waals surface area contributed by atoms with Gasteiger partial charge in [-0.3, -0.25) is 0 Å². The first kappa shape index (κ1) is 28.3. The summed E-state index contributed by atoms with van der Waals surface area (Å²) in [4.78, 5) is 20.4. The lowest BCUT2D eigenvalue weighted by atomic mass is 9.93. The lowest BCUT2D eigenvalue weighted by molar-refractivity contribution is -0.171. The van der Waals surface area contributed by atoms with Crippen molar-refractivity contribution in [1.82, 2.24) is 19.9 Å². The summed E-state index contributed by atoms with van der Waals surface area (Å²) < 4.78 is 57.2. The number of anilines is 4. The Bertz CT molecular complexity index is 1500. The van der Waals surface area contributed by atoms with Crippen LogP contribution in [-0.4, -0.2) is 96.9 Å². The number of ether oxygens (including phenoxy) is 1. The number of alkyl halides is 2. The van der Waals surface area contributed by atoms with E-state index in [4.69, 9.17) is 4.74 Å². The molecule has 2 atom stereocenters. The average Bonchev–Trinajstić information content (AvgIpc) is 2.84. The molecule has 11 nitrogen and oxygen atoms in total. The summed E-state index contributed by atoms with van der Waals surface area (Å²) in [5.74, 6) is -2.21. The number of aromatic nitrogens is 4. The van der Waals surface area contributed by atoms with Gasteiger partial charge in [0, 0.05) is 56.2 Å². The van der Waals surface area contributed by atoms with Crippen LogP contribution in [0, 0.1) is 5.92 Å². The number of methoxy groups -OCH3 is 1. The minimum absolute atomic E-state index is 0.00171. The normalized spacial score (nSPS) is 21.6. The van der Waals surface area contributed by atoms with Crippen LogP contribution in [-0.2, 0) is 14.6 Å². The minimum atomic E-state index is -3.29. The van der Waals surface area contributed by atoms with Crippen molar-refractivity contribution in [2.75, 3.05) is 60.4 Å². The molecule has 0 unspecified atom stereocenters. The summed E-state index contributed by atoms with van der Waals surface area (Å²) in [6.07, 6.45) is 1.22. The van der Waals surface area contributed by atoms with Crippen molar-refractivity contribution in [2.24, 2.45) is 5.92 Å². The van der Waals surface area contributed by atoms with Gasteiger partial charge in [0.1, 0.15) is 34.2 Å². The first-order valence-electron chi connectivity index (χ1n) is 13.0. The maximum atomic E-state index is 14.5. The van der Waals surface area contributed by atoms with Crippen molar-refractivity contribution in [3.63, 3.8) is 0 Å². The van der Waals surface area contributed by atoms with Crippen molar-refractivity contribution < 1.29 is 27.0 Å². The molecule has 40 heavy (non-hydrogen) atoms. The Kier molecular flexibility index (Phi) is 7.52. The number of piperidine rings is 1. The number of halogens is 2. The Morgan fingerprint density at radius 2 is 1.90 bits per heavy atom. The number of nitrogens with one attached hydrogen (secondary N) is 1. The Labute approximate surface area is 231 Å².